The van der Waals surface area contributed by atoms with Crippen LogP contribution in [0.2, 0.25) is 5.02 Å². The van der Waals surface area contributed by atoms with Crippen molar-refractivity contribution < 1.29 is 0 Å². The van der Waals surface area contributed by atoms with Crippen LogP contribution in [0.5, 0.6) is 0 Å². The van der Waals surface area contributed by atoms with Crippen LogP contribution in [0.1, 0.15) is 24.8 Å². The summed E-state index contributed by atoms with van der Waals surface area (Å²) < 4.78 is 0. The third-order valence-electron chi connectivity index (χ3n) is 3.11. The molecule has 1 heterocycles. The van der Waals surface area contributed by atoms with Gasteiger partial charge in [-0.3, -0.25) is 0 Å². The molecule has 1 aliphatic heterocycles. The fraction of sp³-hybridized carbons (Fsp3) is 0.500. The molecule has 0 aliphatic carbocycles. The number of anilines is 1. The minimum Gasteiger partial charge on any atom is -0.371 e. The maximum atomic E-state index is 6.03. The van der Waals surface area contributed by atoms with Crippen LogP contribution < -0.4 is 10.6 Å². The summed E-state index contributed by atoms with van der Waals surface area (Å²) in [6.07, 6.45) is 1.05. The van der Waals surface area contributed by atoms with Crippen molar-refractivity contribution in [3.05, 3.63) is 28.8 Å². The van der Waals surface area contributed by atoms with Gasteiger partial charge in [0, 0.05) is 29.7 Å². The number of rotatable bonds is 3. The zero-order chi connectivity index (χ0) is 10.8. The number of likely N-dealkylation sites (N-methyl/N-ethyl adjacent to an activating group) is 1. The molecule has 15 heavy (non-hydrogen) atoms. The molecule has 1 aromatic rings. The third kappa shape index (κ3) is 1.97. The quantitative estimate of drug-likeness (QED) is 0.855. The second kappa shape index (κ2) is 4.42. The topological polar surface area (TPSA) is 29.3 Å². The van der Waals surface area contributed by atoms with E-state index in [2.05, 4.69) is 24.0 Å². The Labute approximate surface area is 96.0 Å². The van der Waals surface area contributed by atoms with Crippen molar-refractivity contribution in [3.8, 4) is 0 Å². The fourth-order valence-corrected chi connectivity index (χ4v) is 2.53. The summed E-state index contributed by atoms with van der Waals surface area (Å²) in [6.45, 7) is 5.07. The van der Waals surface area contributed by atoms with E-state index in [1.807, 2.05) is 6.07 Å². The van der Waals surface area contributed by atoms with E-state index in [1.165, 1.54) is 11.3 Å². The monoisotopic (exact) mass is 224 g/mol. The van der Waals surface area contributed by atoms with E-state index in [-0.39, 0.29) is 0 Å². The van der Waals surface area contributed by atoms with Gasteiger partial charge >= 0.3 is 0 Å². The Kier molecular flexibility index (Phi) is 3.17. The molecule has 0 saturated heterocycles. The lowest BCUT2D eigenvalue weighted by molar-refractivity contribution is 0.650. The van der Waals surface area contributed by atoms with Crippen molar-refractivity contribution in [1.82, 2.24) is 0 Å². The Balaban J connectivity index is 2.34. The van der Waals surface area contributed by atoms with E-state index in [0.29, 0.717) is 5.92 Å². The van der Waals surface area contributed by atoms with Gasteiger partial charge in [0.25, 0.3) is 0 Å². The van der Waals surface area contributed by atoms with Crippen LogP contribution in [-0.2, 0) is 0 Å². The highest BCUT2D eigenvalue weighted by atomic mass is 35.5. The lowest BCUT2D eigenvalue weighted by Crippen LogP contribution is -2.21. The van der Waals surface area contributed by atoms with E-state index in [1.54, 1.807) is 0 Å². The smallest absolute Gasteiger partial charge is 0.0410 e. The highest BCUT2D eigenvalue weighted by Crippen LogP contribution is 2.38. The molecule has 3 heteroatoms. The second-order valence-corrected chi connectivity index (χ2v) is 4.45. The number of halogens is 1. The fourth-order valence-electron chi connectivity index (χ4n) is 2.35. The summed E-state index contributed by atoms with van der Waals surface area (Å²) in [7, 11) is 0. The molecule has 0 spiro atoms. The zero-order valence-electron chi connectivity index (χ0n) is 9.04. The second-order valence-electron chi connectivity index (χ2n) is 4.02. The number of fused-ring (bicyclic) bond motifs is 1. The first-order valence-corrected chi connectivity index (χ1v) is 5.88. The van der Waals surface area contributed by atoms with Gasteiger partial charge in [-0.2, -0.15) is 0 Å². The van der Waals surface area contributed by atoms with Crippen molar-refractivity contribution >= 4 is 17.3 Å². The van der Waals surface area contributed by atoms with Gasteiger partial charge in [-0.15, -0.1) is 0 Å². The van der Waals surface area contributed by atoms with E-state index in [0.717, 1.165) is 31.1 Å². The molecule has 0 amide bonds. The molecule has 1 aromatic carbocycles. The van der Waals surface area contributed by atoms with Gasteiger partial charge in [0.2, 0.25) is 0 Å². The van der Waals surface area contributed by atoms with Gasteiger partial charge in [-0.25, -0.2) is 0 Å². The minimum atomic E-state index is 0.559. The molecule has 82 valence electrons. The van der Waals surface area contributed by atoms with Gasteiger partial charge in [-0.05, 0) is 43.7 Å². The first-order chi connectivity index (χ1) is 7.26. The molecule has 1 aliphatic rings. The highest BCUT2D eigenvalue weighted by molar-refractivity contribution is 6.30. The van der Waals surface area contributed by atoms with Gasteiger partial charge in [-0.1, -0.05) is 11.6 Å². The zero-order valence-corrected chi connectivity index (χ0v) is 9.80. The number of hydrogen-bond donors (Lipinski definition) is 1. The molecule has 0 saturated carbocycles. The largest absolute Gasteiger partial charge is 0.371 e. The van der Waals surface area contributed by atoms with Gasteiger partial charge < -0.3 is 10.6 Å². The molecule has 2 N–H and O–H groups in total. The summed E-state index contributed by atoms with van der Waals surface area (Å²) in [6, 6.07) is 6.18. The molecule has 1 atom stereocenters. The molecule has 0 aromatic heterocycles. The summed E-state index contributed by atoms with van der Waals surface area (Å²) >= 11 is 6.03. The minimum absolute atomic E-state index is 0.559. The van der Waals surface area contributed by atoms with Crippen LogP contribution >= 0.6 is 11.6 Å². The predicted octanol–water partition coefficient (Wildman–Crippen LogP) is 2.61. The average Bonchev–Trinajstić information content (AvgIpc) is 2.57. The first-order valence-electron chi connectivity index (χ1n) is 5.50. The summed E-state index contributed by atoms with van der Waals surface area (Å²) in [4.78, 5) is 2.39. The Hall–Kier alpha value is -0.730. The standard InChI is InChI=1S/C12H17ClN2/c1-2-15-8-9(5-6-14)11-7-10(13)3-4-12(11)15/h3-4,7,9H,2,5-6,8,14H2,1H3. The normalized spacial score (nSPS) is 19.4. The van der Waals surface area contributed by atoms with Crippen molar-refractivity contribution in [2.45, 2.75) is 19.3 Å². The van der Waals surface area contributed by atoms with Crippen molar-refractivity contribution in [1.29, 1.82) is 0 Å². The maximum Gasteiger partial charge on any atom is 0.0410 e. The Bertz CT molecular complexity index is 351. The van der Waals surface area contributed by atoms with Crippen LogP contribution in [0.15, 0.2) is 18.2 Å². The Morgan fingerprint density at radius 3 is 3.00 bits per heavy atom. The molecular weight excluding hydrogens is 208 g/mol. The summed E-state index contributed by atoms with van der Waals surface area (Å²) in [5.41, 5.74) is 8.34. The summed E-state index contributed by atoms with van der Waals surface area (Å²) in [5.74, 6) is 0.559. The Morgan fingerprint density at radius 2 is 2.33 bits per heavy atom. The maximum absolute atomic E-state index is 6.03. The van der Waals surface area contributed by atoms with Gasteiger partial charge in [0.1, 0.15) is 0 Å². The third-order valence-corrected chi connectivity index (χ3v) is 3.34. The van der Waals surface area contributed by atoms with Crippen LogP contribution in [-0.4, -0.2) is 19.6 Å². The van der Waals surface area contributed by atoms with Crippen molar-refractivity contribution in [2.24, 2.45) is 5.73 Å². The molecule has 1 unspecified atom stereocenters. The van der Waals surface area contributed by atoms with Crippen LogP contribution in [0, 0.1) is 0 Å². The van der Waals surface area contributed by atoms with Crippen LogP contribution in [0.3, 0.4) is 0 Å². The van der Waals surface area contributed by atoms with E-state index < -0.39 is 0 Å². The average molecular weight is 225 g/mol. The van der Waals surface area contributed by atoms with E-state index in [4.69, 9.17) is 17.3 Å². The highest BCUT2D eigenvalue weighted by Gasteiger charge is 2.26. The number of nitrogens with zero attached hydrogens (tertiary/aromatic N) is 1. The number of hydrogen-bond acceptors (Lipinski definition) is 2. The van der Waals surface area contributed by atoms with Crippen molar-refractivity contribution in [2.75, 3.05) is 24.5 Å². The van der Waals surface area contributed by atoms with Gasteiger partial charge in [0.15, 0.2) is 0 Å². The predicted molar refractivity (Wildman–Crippen MR) is 65.8 cm³/mol. The Morgan fingerprint density at radius 1 is 1.53 bits per heavy atom. The lowest BCUT2D eigenvalue weighted by atomic mass is 9.98. The molecule has 2 nitrogen and oxygen atoms in total. The number of benzene rings is 1. The van der Waals surface area contributed by atoms with E-state index in [9.17, 15) is 0 Å². The molecule has 0 bridgehead atoms. The van der Waals surface area contributed by atoms with Crippen LogP contribution in [0.4, 0.5) is 5.69 Å². The van der Waals surface area contributed by atoms with Gasteiger partial charge in [0.05, 0.1) is 0 Å². The van der Waals surface area contributed by atoms with Crippen LogP contribution in [0.25, 0.3) is 0 Å². The van der Waals surface area contributed by atoms with E-state index >= 15 is 0 Å². The summed E-state index contributed by atoms with van der Waals surface area (Å²) in [5, 5.41) is 0.828. The molecule has 2 rings (SSSR count). The SMILES string of the molecule is CCN1CC(CCN)c2cc(Cl)ccc21. The molecule has 0 radical (unpaired) electrons. The molecule has 0 fully saturated rings. The first kappa shape index (κ1) is 10.8. The lowest BCUT2D eigenvalue weighted by Gasteiger charge is -2.16. The number of nitrogens with two attached hydrogens (primary N) is 1. The molecular formula is C12H17ClN2. The van der Waals surface area contributed by atoms with Crippen molar-refractivity contribution in [3.63, 3.8) is 0 Å².